The second-order valence-electron chi connectivity index (χ2n) is 5.21. The smallest absolute Gasteiger partial charge is 0.0611 e. The molecule has 16 heavy (non-hydrogen) atoms. The van der Waals surface area contributed by atoms with Crippen LogP contribution in [-0.2, 0) is 0 Å². The van der Waals surface area contributed by atoms with Gasteiger partial charge in [-0.1, -0.05) is 19.8 Å². The predicted octanol–water partition coefficient (Wildman–Crippen LogP) is 1.86. The van der Waals surface area contributed by atoms with Gasteiger partial charge in [-0.15, -0.1) is 0 Å². The van der Waals surface area contributed by atoms with Gasteiger partial charge in [-0.05, 0) is 47.3 Å². The number of rotatable bonds is 9. The van der Waals surface area contributed by atoms with E-state index in [9.17, 15) is 5.11 Å². The summed E-state index contributed by atoms with van der Waals surface area (Å²) < 4.78 is 0. The monoisotopic (exact) mass is 230 g/mol. The van der Waals surface area contributed by atoms with Crippen LogP contribution in [0.15, 0.2) is 0 Å². The second kappa shape index (κ2) is 8.04. The number of likely N-dealkylation sites (N-methyl/N-ethyl adjacent to an activating group) is 1. The number of nitrogens with one attached hydrogen (secondary N) is 1. The lowest BCUT2D eigenvalue weighted by Gasteiger charge is -2.34. The molecule has 3 heteroatoms. The third-order valence-electron chi connectivity index (χ3n) is 3.57. The summed E-state index contributed by atoms with van der Waals surface area (Å²) in [6, 6.07) is 0.501. The number of hydrogen-bond donors (Lipinski definition) is 2. The van der Waals surface area contributed by atoms with Crippen molar-refractivity contribution in [3.05, 3.63) is 0 Å². The molecule has 0 saturated heterocycles. The van der Waals surface area contributed by atoms with E-state index >= 15 is 0 Å². The zero-order chi connectivity index (χ0) is 12.6. The molecule has 2 N–H and O–H groups in total. The largest absolute Gasteiger partial charge is 0.394 e. The summed E-state index contributed by atoms with van der Waals surface area (Å²) >= 11 is 0. The third kappa shape index (κ3) is 5.83. The normalized spacial score (nSPS) is 17.4. The molecule has 2 unspecified atom stereocenters. The Morgan fingerprint density at radius 1 is 1.38 bits per heavy atom. The van der Waals surface area contributed by atoms with Gasteiger partial charge in [0.1, 0.15) is 0 Å². The molecule has 0 bridgehead atoms. The molecule has 0 aliphatic rings. The van der Waals surface area contributed by atoms with E-state index in [0.717, 1.165) is 13.0 Å². The number of unbranched alkanes of at least 4 members (excludes halogenated alkanes) is 2. The van der Waals surface area contributed by atoms with Gasteiger partial charge in [-0.3, -0.25) is 0 Å². The van der Waals surface area contributed by atoms with Crippen molar-refractivity contribution in [3.63, 3.8) is 0 Å². The van der Waals surface area contributed by atoms with Gasteiger partial charge >= 0.3 is 0 Å². The Kier molecular flexibility index (Phi) is 7.98. The first-order valence-corrected chi connectivity index (χ1v) is 6.49. The van der Waals surface area contributed by atoms with Crippen LogP contribution >= 0.6 is 0 Å². The van der Waals surface area contributed by atoms with Crippen molar-refractivity contribution in [1.82, 2.24) is 10.2 Å². The van der Waals surface area contributed by atoms with E-state index in [1.807, 2.05) is 7.05 Å². The van der Waals surface area contributed by atoms with Gasteiger partial charge in [0.05, 0.1) is 6.61 Å². The van der Waals surface area contributed by atoms with Crippen LogP contribution in [0.2, 0.25) is 0 Å². The topological polar surface area (TPSA) is 35.5 Å². The molecule has 0 radical (unpaired) electrons. The molecular formula is C13H30N2O. The maximum Gasteiger partial charge on any atom is 0.0611 e. The Morgan fingerprint density at radius 2 is 2.00 bits per heavy atom. The molecule has 98 valence electrons. The van der Waals surface area contributed by atoms with Crippen molar-refractivity contribution in [2.75, 3.05) is 27.2 Å². The van der Waals surface area contributed by atoms with Crippen LogP contribution in [0, 0.1) is 0 Å². The van der Waals surface area contributed by atoms with Crippen LogP contribution in [0.1, 0.15) is 46.5 Å². The SMILES string of the molecule is CCCCCN(C)C(C)CC(C)(CO)NC. The summed E-state index contributed by atoms with van der Waals surface area (Å²) in [6.07, 6.45) is 4.82. The standard InChI is InChI=1S/C13H30N2O/c1-6-7-8-9-15(5)12(2)10-13(3,11-16)14-4/h12,14,16H,6-11H2,1-5H3. The quantitative estimate of drug-likeness (QED) is 0.594. The van der Waals surface area contributed by atoms with Gasteiger partial charge < -0.3 is 15.3 Å². The fourth-order valence-corrected chi connectivity index (χ4v) is 1.89. The lowest BCUT2D eigenvalue weighted by molar-refractivity contribution is 0.131. The van der Waals surface area contributed by atoms with Crippen molar-refractivity contribution in [2.45, 2.75) is 58.0 Å². The van der Waals surface area contributed by atoms with Crippen molar-refractivity contribution < 1.29 is 5.11 Å². The second-order valence-corrected chi connectivity index (χ2v) is 5.21. The van der Waals surface area contributed by atoms with Crippen LogP contribution in [0.25, 0.3) is 0 Å². The highest BCUT2D eigenvalue weighted by atomic mass is 16.3. The van der Waals surface area contributed by atoms with Gasteiger partial charge in [-0.2, -0.15) is 0 Å². The molecule has 0 fully saturated rings. The molecule has 0 aromatic rings. The van der Waals surface area contributed by atoms with E-state index in [4.69, 9.17) is 0 Å². The number of aliphatic hydroxyl groups excluding tert-OH is 1. The third-order valence-corrected chi connectivity index (χ3v) is 3.57. The fraction of sp³-hybridized carbons (Fsp3) is 1.00. The van der Waals surface area contributed by atoms with Crippen LogP contribution in [-0.4, -0.2) is 48.8 Å². The molecule has 0 rings (SSSR count). The van der Waals surface area contributed by atoms with E-state index in [-0.39, 0.29) is 12.1 Å². The summed E-state index contributed by atoms with van der Waals surface area (Å²) in [5.74, 6) is 0. The summed E-state index contributed by atoms with van der Waals surface area (Å²) in [5, 5.41) is 12.6. The fourth-order valence-electron chi connectivity index (χ4n) is 1.89. The highest BCUT2D eigenvalue weighted by molar-refractivity contribution is 4.85. The molecule has 0 heterocycles. The average Bonchev–Trinajstić information content (AvgIpc) is 2.29. The van der Waals surface area contributed by atoms with Crippen molar-refractivity contribution in [1.29, 1.82) is 0 Å². The molecule has 0 aliphatic carbocycles. The number of nitrogens with zero attached hydrogens (tertiary/aromatic N) is 1. The van der Waals surface area contributed by atoms with E-state index in [1.165, 1.54) is 19.3 Å². The van der Waals surface area contributed by atoms with Gasteiger partial charge in [0.15, 0.2) is 0 Å². The lowest BCUT2D eigenvalue weighted by Crippen LogP contribution is -2.48. The van der Waals surface area contributed by atoms with Gasteiger partial charge in [0, 0.05) is 11.6 Å². The van der Waals surface area contributed by atoms with E-state index in [1.54, 1.807) is 0 Å². The summed E-state index contributed by atoms with van der Waals surface area (Å²) in [6.45, 7) is 7.88. The highest BCUT2D eigenvalue weighted by Gasteiger charge is 2.25. The molecular weight excluding hydrogens is 200 g/mol. The highest BCUT2D eigenvalue weighted by Crippen LogP contribution is 2.15. The maximum atomic E-state index is 9.35. The Hall–Kier alpha value is -0.120. The average molecular weight is 230 g/mol. The van der Waals surface area contributed by atoms with Crippen molar-refractivity contribution in [2.24, 2.45) is 0 Å². The van der Waals surface area contributed by atoms with E-state index in [2.05, 4.69) is 38.0 Å². The molecule has 0 aromatic heterocycles. The zero-order valence-corrected chi connectivity index (χ0v) is 11.7. The van der Waals surface area contributed by atoms with Crippen molar-refractivity contribution in [3.8, 4) is 0 Å². The molecule has 0 amide bonds. The van der Waals surface area contributed by atoms with Crippen LogP contribution in [0.5, 0.6) is 0 Å². The lowest BCUT2D eigenvalue weighted by atomic mass is 9.94. The van der Waals surface area contributed by atoms with Crippen molar-refractivity contribution >= 4 is 0 Å². The number of hydrogen-bond acceptors (Lipinski definition) is 3. The molecule has 0 spiro atoms. The van der Waals surface area contributed by atoms with Crippen LogP contribution in [0.4, 0.5) is 0 Å². The first-order valence-electron chi connectivity index (χ1n) is 6.49. The van der Waals surface area contributed by atoms with Gasteiger partial charge in [-0.25, -0.2) is 0 Å². The minimum absolute atomic E-state index is 0.154. The summed E-state index contributed by atoms with van der Waals surface area (Å²) in [5.41, 5.74) is -0.154. The first-order chi connectivity index (χ1) is 7.49. The number of aliphatic hydroxyl groups is 1. The summed E-state index contributed by atoms with van der Waals surface area (Å²) in [4.78, 5) is 2.39. The Balaban J connectivity index is 3.98. The van der Waals surface area contributed by atoms with Crippen LogP contribution < -0.4 is 5.32 Å². The van der Waals surface area contributed by atoms with E-state index in [0.29, 0.717) is 6.04 Å². The zero-order valence-electron chi connectivity index (χ0n) is 11.7. The molecule has 0 saturated carbocycles. The molecule has 0 aliphatic heterocycles. The summed E-state index contributed by atoms with van der Waals surface area (Å²) in [7, 11) is 4.09. The molecule has 3 nitrogen and oxygen atoms in total. The minimum atomic E-state index is -0.154. The Bertz CT molecular complexity index is 169. The maximum absolute atomic E-state index is 9.35. The molecule has 0 aromatic carbocycles. The molecule has 2 atom stereocenters. The van der Waals surface area contributed by atoms with E-state index < -0.39 is 0 Å². The van der Waals surface area contributed by atoms with Crippen LogP contribution in [0.3, 0.4) is 0 Å². The Morgan fingerprint density at radius 3 is 2.44 bits per heavy atom. The Labute approximate surface area is 101 Å². The predicted molar refractivity (Wildman–Crippen MR) is 70.8 cm³/mol. The minimum Gasteiger partial charge on any atom is -0.394 e. The van der Waals surface area contributed by atoms with Gasteiger partial charge in [0.25, 0.3) is 0 Å². The van der Waals surface area contributed by atoms with Gasteiger partial charge in [0.2, 0.25) is 0 Å². The first kappa shape index (κ1) is 15.9.